The fourth-order valence-corrected chi connectivity index (χ4v) is 3.52. The summed E-state index contributed by atoms with van der Waals surface area (Å²) in [6.07, 6.45) is 1.42. The number of anilines is 2. The predicted octanol–water partition coefficient (Wildman–Crippen LogP) is 5.44. The smallest absolute Gasteiger partial charge is 0.299 e. The van der Waals surface area contributed by atoms with Gasteiger partial charge in [0.15, 0.2) is 11.4 Å². The highest BCUT2D eigenvalue weighted by molar-refractivity contribution is 6.42. The van der Waals surface area contributed by atoms with Gasteiger partial charge in [0.2, 0.25) is 0 Å². The lowest BCUT2D eigenvalue weighted by atomic mass is 10.2. The predicted molar refractivity (Wildman–Crippen MR) is 136 cm³/mol. The molecule has 0 saturated heterocycles. The third-order valence-corrected chi connectivity index (χ3v) is 5.74. The van der Waals surface area contributed by atoms with Crippen LogP contribution in [0.4, 0.5) is 11.4 Å². The minimum absolute atomic E-state index is 0.107. The Hall–Kier alpha value is -4.01. The average molecular weight is 511 g/mol. The zero-order valence-electron chi connectivity index (χ0n) is 18.7. The molecule has 8 nitrogen and oxygen atoms in total. The van der Waals surface area contributed by atoms with Crippen molar-refractivity contribution in [3.63, 3.8) is 0 Å². The van der Waals surface area contributed by atoms with Crippen LogP contribution >= 0.6 is 23.2 Å². The highest BCUT2D eigenvalue weighted by Crippen LogP contribution is 2.31. The maximum absolute atomic E-state index is 13.5. The van der Waals surface area contributed by atoms with Gasteiger partial charge in [-0.15, -0.1) is 0 Å². The second-order valence-corrected chi connectivity index (χ2v) is 8.08. The lowest BCUT2D eigenvalue weighted by Gasteiger charge is -2.15. The Bertz CT molecular complexity index is 1440. The van der Waals surface area contributed by atoms with Gasteiger partial charge in [-0.1, -0.05) is 29.3 Å². The van der Waals surface area contributed by atoms with Crippen molar-refractivity contribution < 1.29 is 14.3 Å². The fourth-order valence-electron chi connectivity index (χ4n) is 3.23. The molecule has 4 aromatic rings. The van der Waals surface area contributed by atoms with Crippen molar-refractivity contribution in [1.29, 1.82) is 0 Å². The van der Waals surface area contributed by atoms with Crippen molar-refractivity contribution >= 4 is 40.5 Å². The second kappa shape index (κ2) is 10.5. The van der Waals surface area contributed by atoms with Crippen LogP contribution in [0.3, 0.4) is 0 Å². The van der Waals surface area contributed by atoms with Crippen LogP contribution in [0.1, 0.15) is 10.4 Å². The van der Waals surface area contributed by atoms with Gasteiger partial charge in [-0.05, 0) is 60.7 Å². The highest BCUT2D eigenvalue weighted by Gasteiger charge is 2.17. The van der Waals surface area contributed by atoms with E-state index in [0.717, 1.165) is 0 Å². The summed E-state index contributed by atoms with van der Waals surface area (Å²) >= 11 is 12.2. The van der Waals surface area contributed by atoms with Gasteiger partial charge < -0.3 is 20.1 Å². The minimum Gasteiger partial charge on any atom is -0.497 e. The second-order valence-electron chi connectivity index (χ2n) is 7.26. The number of carbonyl (C=O) groups is 1. The normalized spacial score (nSPS) is 10.5. The van der Waals surface area contributed by atoms with E-state index >= 15 is 0 Å². The molecule has 2 N–H and O–H groups in total. The molecule has 0 aliphatic heterocycles. The highest BCUT2D eigenvalue weighted by atomic mass is 35.5. The Balaban J connectivity index is 1.79. The van der Waals surface area contributed by atoms with Crippen LogP contribution in [-0.2, 0) is 0 Å². The molecule has 1 aromatic heterocycles. The Labute approximate surface area is 211 Å². The molecule has 1 amide bonds. The number of halogens is 2. The number of benzene rings is 3. The molecular weight excluding hydrogens is 491 g/mol. The molecule has 0 fully saturated rings. The maximum atomic E-state index is 13.5. The summed E-state index contributed by atoms with van der Waals surface area (Å²) in [5.74, 6) is 1.06. The SMILES string of the molecule is CNC(=O)c1cccc(Nc2c(Oc3ccc(OC)cc3)cnn(-c3ccc(Cl)c(Cl)c3)c2=O)c1. The monoisotopic (exact) mass is 510 g/mol. The van der Waals surface area contributed by atoms with Gasteiger partial charge >= 0.3 is 0 Å². The molecule has 0 saturated carbocycles. The molecule has 0 bridgehead atoms. The van der Waals surface area contributed by atoms with E-state index in [1.807, 2.05) is 0 Å². The first-order chi connectivity index (χ1) is 16.9. The van der Waals surface area contributed by atoms with Crippen LogP contribution in [0.25, 0.3) is 5.69 Å². The number of amides is 1. The molecule has 1 heterocycles. The lowest BCUT2D eigenvalue weighted by Crippen LogP contribution is -2.24. The van der Waals surface area contributed by atoms with Crippen molar-refractivity contribution in [1.82, 2.24) is 15.1 Å². The third-order valence-electron chi connectivity index (χ3n) is 5.00. The molecule has 4 rings (SSSR count). The van der Waals surface area contributed by atoms with E-state index in [4.69, 9.17) is 32.7 Å². The van der Waals surface area contributed by atoms with Gasteiger partial charge in [0.1, 0.15) is 11.5 Å². The number of carbonyl (C=O) groups excluding carboxylic acids is 1. The molecule has 3 aromatic carbocycles. The number of rotatable bonds is 7. The molecule has 10 heteroatoms. The van der Waals surface area contributed by atoms with Crippen molar-refractivity contribution in [2.45, 2.75) is 0 Å². The quantitative estimate of drug-likeness (QED) is 0.343. The molecule has 0 aliphatic rings. The van der Waals surface area contributed by atoms with Crippen LogP contribution in [0, 0.1) is 0 Å². The molecule has 0 unspecified atom stereocenters. The lowest BCUT2D eigenvalue weighted by molar-refractivity contribution is 0.0963. The first kappa shape index (κ1) is 24.1. The van der Waals surface area contributed by atoms with Crippen molar-refractivity contribution in [3.05, 3.63) is 98.9 Å². The molecule has 0 aliphatic carbocycles. The maximum Gasteiger partial charge on any atom is 0.299 e. The van der Waals surface area contributed by atoms with Crippen LogP contribution in [-0.4, -0.2) is 29.8 Å². The summed E-state index contributed by atoms with van der Waals surface area (Å²) in [6, 6.07) is 18.4. The van der Waals surface area contributed by atoms with Crippen LogP contribution < -0.4 is 25.7 Å². The Morgan fingerprint density at radius 3 is 2.40 bits per heavy atom. The van der Waals surface area contributed by atoms with Gasteiger partial charge in [-0.2, -0.15) is 9.78 Å². The van der Waals surface area contributed by atoms with Crippen LogP contribution in [0.5, 0.6) is 17.2 Å². The van der Waals surface area contributed by atoms with Gasteiger partial charge in [0.05, 0.1) is 29.0 Å². The number of hydrogen-bond acceptors (Lipinski definition) is 6. The van der Waals surface area contributed by atoms with Crippen molar-refractivity contribution in [2.75, 3.05) is 19.5 Å². The number of nitrogens with zero attached hydrogens (tertiary/aromatic N) is 2. The summed E-state index contributed by atoms with van der Waals surface area (Å²) < 4.78 is 12.3. The summed E-state index contributed by atoms with van der Waals surface area (Å²) in [7, 11) is 3.11. The summed E-state index contributed by atoms with van der Waals surface area (Å²) in [6.45, 7) is 0. The zero-order chi connectivity index (χ0) is 24.9. The first-order valence-electron chi connectivity index (χ1n) is 10.4. The molecule has 0 spiro atoms. The number of aromatic nitrogens is 2. The summed E-state index contributed by atoms with van der Waals surface area (Å²) in [4.78, 5) is 25.6. The summed E-state index contributed by atoms with van der Waals surface area (Å²) in [5.41, 5.74) is 0.960. The van der Waals surface area contributed by atoms with Crippen molar-refractivity contribution in [3.8, 4) is 22.9 Å². The number of nitrogens with one attached hydrogen (secondary N) is 2. The standard InChI is InChI=1S/C25H20Cl2N4O4/c1-28-24(32)15-4-3-5-16(12-15)30-23-22(35-19-9-7-18(34-2)8-10-19)14-29-31(25(23)33)17-6-11-20(26)21(27)13-17/h3-14,30H,1-2H3,(H,28,32). The average Bonchev–Trinajstić information content (AvgIpc) is 2.88. The van der Waals surface area contributed by atoms with E-state index in [1.54, 1.807) is 74.8 Å². The molecule has 35 heavy (non-hydrogen) atoms. The largest absolute Gasteiger partial charge is 0.497 e. The molecule has 0 radical (unpaired) electrons. The van der Waals surface area contributed by atoms with Crippen molar-refractivity contribution in [2.24, 2.45) is 0 Å². The van der Waals surface area contributed by atoms with E-state index in [0.29, 0.717) is 33.5 Å². The number of hydrogen-bond donors (Lipinski definition) is 2. The van der Waals surface area contributed by atoms with Gasteiger partial charge in [0, 0.05) is 18.3 Å². The summed E-state index contributed by atoms with van der Waals surface area (Å²) in [5, 5.41) is 10.5. The van der Waals surface area contributed by atoms with Gasteiger partial charge in [-0.3, -0.25) is 9.59 Å². The van der Waals surface area contributed by atoms with Gasteiger partial charge in [0.25, 0.3) is 11.5 Å². The van der Waals surface area contributed by atoms with E-state index in [1.165, 1.54) is 16.9 Å². The minimum atomic E-state index is -0.500. The Morgan fingerprint density at radius 1 is 0.971 bits per heavy atom. The fraction of sp³-hybridized carbons (Fsp3) is 0.0800. The van der Waals surface area contributed by atoms with E-state index in [9.17, 15) is 9.59 Å². The molecule has 0 atom stereocenters. The Kier molecular flexibility index (Phi) is 7.24. The number of methoxy groups -OCH3 is 1. The van der Waals surface area contributed by atoms with Gasteiger partial charge in [-0.25, -0.2) is 0 Å². The first-order valence-corrected chi connectivity index (χ1v) is 11.1. The topological polar surface area (TPSA) is 94.5 Å². The molecule has 178 valence electrons. The van der Waals surface area contributed by atoms with E-state index in [-0.39, 0.29) is 22.4 Å². The number of ether oxygens (including phenoxy) is 2. The van der Waals surface area contributed by atoms with Crippen LogP contribution in [0.15, 0.2) is 77.7 Å². The third kappa shape index (κ3) is 5.40. The zero-order valence-corrected chi connectivity index (χ0v) is 20.2. The van der Waals surface area contributed by atoms with Crippen LogP contribution in [0.2, 0.25) is 10.0 Å². The Morgan fingerprint density at radius 2 is 1.71 bits per heavy atom. The van der Waals surface area contributed by atoms with E-state index < -0.39 is 5.56 Å². The molecular formula is C25H20Cl2N4O4. The van der Waals surface area contributed by atoms with E-state index in [2.05, 4.69) is 15.7 Å².